The summed E-state index contributed by atoms with van der Waals surface area (Å²) in [5, 5.41) is 3.86. The number of hydrogen-bond acceptors (Lipinski definition) is 0. The first-order valence-corrected chi connectivity index (χ1v) is 7.89. The summed E-state index contributed by atoms with van der Waals surface area (Å²) in [7, 11) is 0. The van der Waals surface area contributed by atoms with Gasteiger partial charge in [0.2, 0.25) is 0 Å². The van der Waals surface area contributed by atoms with E-state index in [0.717, 1.165) is 0 Å². The van der Waals surface area contributed by atoms with E-state index in [1.54, 1.807) is 0 Å². The molecule has 3 aromatic carbocycles. The van der Waals surface area contributed by atoms with Crippen molar-refractivity contribution in [3.8, 4) is 5.69 Å². The van der Waals surface area contributed by atoms with E-state index >= 15 is 0 Å². The lowest BCUT2D eigenvalue weighted by atomic mass is 10.1. The molecular weight excluding hydrogens is 280 g/mol. The first-order valence-electron chi connectivity index (χ1n) is 7.89. The molecular formula is C21H16N2. The fraction of sp³-hybridized carbons (Fsp3) is 0.0476. The van der Waals surface area contributed by atoms with Gasteiger partial charge in [0.25, 0.3) is 0 Å². The van der Waals surface area contributed by atoms with Crippen molar-refractivity contribution < 1.29 is 0 Å². The van der Waals surface area contributed by atoms with E-state index < -0.39 is 0 Å². The SMILES string of the molecule is Cc1ccc2[nH]c3c(ccc4c3ccn4-c3ccccc3)c2c1. The summed E-state index contributed by atoms with van der Waals surface area (Å²) in [5.41, 5.74) is 6.13. The summed E-state index contributed by atoms with van der Waals surface area (Å²) >= 11 is 0. The van der Waals surface area contributed by atoms with E-state index in [4.69, 9.17) is 0 Å². The first kappa shape index (κ1) is 12.5. The van der Waals surface area contributed by atoms with E-state index in [-0.39, 0.29) is 0 Å². The predicted octanol–water partition coefficient (Wildman–Crippen LogP) is 5.57. The highest BCUT2D eigenvalue weighted by Crippen LogP contribution is 2.33. The molecule has 0 bridgehead atoms. The molecule has 0 saturated heterocycles. The van der Waals surface area contributed by atoms with Gasteiger partial charge in [-0.25, -0.2) is 0 Å². The van der Waals surface area contributed by atoms with E-state index in [9.17, 15) is 0 Å². The minimum Gasteiger partial charge on any atom is -0.354 e. The van der Waals surface area contributed by atoms with E-state index in [1.165, 1.54) is 44.0 Å². The number of fused-ring (bicyclic) bond motifs is 5. The molecule has 2 heteroatoms. The van der Waals surface area contributed by atoms with Gasteiger partial charge >= 0.3 is 0 Å². The summed E-state index contributed by atoms with van der Waals surface area (Å²) in [4.78, 5) is 3.60. The Kier molecular flexibility index (Phi) is 2.45. The molecule has 0 atom stereocenters. The minimum absolute atomic E-state index is 1.19. The molecule has 0 aliphatic heterocycles. The fourth-order valence-corrected chi connectivity index (χ4v) is 3.51. The van der Waals surface area contributed by atoms with Crippen molar-refractivity contribution in [3.63, 3.8) is 0 Å². The van der Waals surface area contributed by atoms with Gasteiger partial charge in [-0.05, 0) is 43.3 Å². The normalized spacial score (nSPS) is 11.7. The number of nitrogens with one attached hydrogen (secondary N) is 1. The van der Waals surface area contributed by atoms with Crippen LogP contribution in [0.15, 0.2) is 72.9 Å². The summed E-state index contributed by atoms with van der Waals surface area (Å²) < 4.78 is 2.24. The van der Waals surface area contributed by atoms with Crippen molar-refractivity contribution in [2.45, 2.75) is 6.92 Å². The van der Waals surface area contributed by atoms with E-state index in [1.807, 2.05) is 6.07 Å². The van der Waals surface area contributed by atoms with Crippen molar-refractivity contribution in [2.75, 3.05) is 0 Å². The van der Waals surface area contributed by atoms with Crippen molar-refractivity contribution in [3.05, 3.63) is 78.5 Å². The molecule has 5 rings (SSSR count). The number of aryl methyl sites for hydroxylation is 1. The van der Waals surface area contributed by atoms with Crippen LogP contribution in [-0.2, 0) is 0 Å². The van der Waals surface area contributed by atoms with Crippen molar-refractivity contribution in [1.82, 2.24) is 9.55 Å². The molecule has 0 saturated carbocycles. The summed E-state index contributed by atoms with van der Waals surface area (Å²) in [6.07, 6.45) is 2.15. The van der Waals surface area contributed by atoms with Gasteiger partial charge in [0.15, 0.2) is 0 Å². The topological polar surface area (TPSA) is 20.7 Å². The van der Waals surface area contributed by atoms with Gasteiger partial charge in [0, 0.05) is 33.6 Å². The van der Waals surface area contributed by atoms with E-state index in [0.29, 0.717) is 0 Å². The molecule has 0 fully saturated rings. The van der Waals surface area contributed by atoms with Crippen molar-refractivity contribution in [2.24, 2.45) is 0 Å². The number of rotatable bonds is 1. The van der Waals surface area contributed by atoms with Crippen LogP contribution in [0, 0.1) is 6.92 Å². The summed E-state index contributed by atoms with van der Waals surface area (Å²) in [6.45, 7) is 2.14. The Morgan fingerprint density at radius 3 is 2.52 bits per heavy atom. The van der Waals surface area contributed by atoms with Crippen molar-refractivity contribution in [1.29, 1.82) is 0 Å². The molecule has 1 N–H and O–H groups in total. The second-order valence-corrected chi connectivity index (χ2v) is 6.12. The zero-order valence-electron chi connectivity index (χ0n) is 12.9. The monoisotopic (exact) mass is 296 g/mol. The number of nitrogens with zero attached hydrogens (tertiary/aromatic N) is 1. The molecule has 110 valence electrons. The zero-order valence-corrected chi connectivity index (χ0v) is 12.9. The highest BCUT2D eigenvalue weighted by molar-refractivity contribution is 6.16. The Hall–Kier alpha value is -3.00. The summed E-state index contributed by atoms with van der Waals surface area (Å²) in [5.74, 6) is 0. The second-order valence-electron chi connectivity index (χ2n) is 6.12. The van der Waals surface area contributed by atoms with Crippen LogP contribution in [0.5, 0.6) is 0 Å². The molecule has 0 aliphatic rings. The second kappa shape index (κ2) is 4.50. The molecule has 0 aliphatic carbocycles. The Morgan fingerprint density at radius 2 is 1.65 bits per heavy atom. The number of H-pyrrole nitrogens is 1. The Bertz CT molecular complexity index is 1160. The molecule has 0 unspecified atom stereocenters. The lowest BCUT2D eigenvalue weighted by Crippen LogP contribution is -1.90. The smallest absolute Gasteiger partial charge is 0.0560 e. The molecule has 23 heavy (non-hydrogen) atoms. The highest BCUT2D eigenvalue weighted by atomic mass is 15.0. The Labute approximate surface area is 134 Å². The summed E-state index contributed by atoms with van der Waals surface area (Å²) in [6, 6.07) is 23.7. The van der Waals surface area contributed by atoms with Crippen LogP contribution in [0.3, 0.4) is 0 Å². The predicted molar refractivity (Wildman–Crippen MR) is 97.4 cm³/mol. The van der Waals surface area contributed by atoms with Crippen molar-refractivity contribution >= 4 is 32.7 Å². The zero-order chi connectivity index (χ0) is 15.4. The maximum absolute atomic E-state index is 3.60. The van der Waals surface area contributed by atoms with Gasteiger partial charge in [-0.2, -0.15) is 0 Å². The van der Waals surface area contributed by atoms with Crippen LogP contribution in [0.4, 0.5) is 0 Å². The van der Waals surface area contributed by atoms with Crippen LogP contribution >= 0.6 is 0 Å². The van der Waals surface area contributed by atoms with Crippen LogP contribution in [0.25, 0.3) is 38.4 Å². The molecule has 2 aromatic heterocycles. The number of para-hydroxylation sites is 1. The lowest BCUT2D eigenvalue weighted by molar-refractivity contribution is 1.13. The number of hydrogen-bond donors (Lipinski definition) is 1. The quantitative estimate of drug-likeness (QED) is 0.417. The Balaban J connectivity index is 1.88. The minimum atomic E-state index is 1.19. The van der Waals surface area contributed by atoms with Crippen LogP contribution in [-0.4, -0.2) is 9.55 Å². The third-order valence-corrected chi connectivity index (χ3v) is 4.63. The largest absolute Gasteiger partial charge is 0.354 e. The van der Waals surface area contributed by atoms with Gasteiger partial charge in [-0.3, -0.25) is 0 Å². The third-order valence-electron chi connectivity index (χ3n) is 4.63. The van der Waals surface area contributed by atoms with Gasteiger partial charge in [-0.1, -0.05) is 35.9 Å². The molecule has 2 nitrogen and oxygen atoms in total. The van der Waals surface area contributed by atoms with Crippen LogP contribution in [0.2, 0.25) is 0 Å². The molecule has 5 aromatic rings. The van der Waals surface area contributed by atoms with E-state index in [2.05, 4.69) is 83.3 Å². The standard InChI is InChI=1S/C21H16N2/c1-14-7-9-19-18(13-14)16-8-10-20-17(21(16)22-19)11-12-23(20)15-5-3-2-4-6-15/h2-13,22H,1H3. The Morgan fingerprint density at radius 1 is 0.783 bits per heavy atom. The fourth-order valence-electron chi connectivity index (χ4n) is 3.51. The molecule has 0 radical (unpaired) electrons. The average molecular weight is 296 g/mol. The van der Waals surface area contributed by atoms with Gasteiger partial charge < -0.3 is 9.55 Å². The van der Waals surface area contributed by atoms with Gasteiger partial charge in [0.1, 0.15) is 0 Å². The van der Waals surface area contributed by atoms with Crippen LogP contribution < -0.4 is 0 Å². The molecule has 2 heterocycles. The number of aromatic nitrogens is 2. The lowest BCUT2D eigenvalue weighted by Gasteiger charge is -2.05. The molecule has 0 amide bonds. The average Bonchev–Trinajstić information content (AvgIpc) is 3.16. The highest BCUT2D eigenvalue weighted by Gasteiger charge is 2.10. The van der Waals surface area contributed by atoms with Crippen LogP contribution in [0.1, 0.15) is 5.56 Å². The number of aromatic amines is 1. The third kappa shape index (κ3) is 1.75. The van der Waals surface area contributed by atoms with Gasteiger partial charge in [-0.15, -0.1) is 0 Å². The maximum atomic E-state index is 3.60. The number of benzene rings is 3. The molecule has 0 spiro atoms. The van der Waals surface area contributed by atoms with Gasteiger partial charge in [0.05, 0.1) is 11.0 Å². The maximum Gasteiger partial charge on any atom is 0.0560 e. The first-order chi connectivity index (χ1) is 11.3.